The van der Waals surface area contributed by atoms with Crippen LogP contribution in [0.2, 0.25) is 5.02 Å². The standard InChI is InChI=1S/C17H12ClF3N2O4S/c18-14-6-3-11(9-13(14)17(19,20)21)22-16(25)10-1-4-12(5-2-10)23-15(24)7-8-28(23,26)27/h1-6,9H,7-8H2,(H,22,25). The third kappa shape index (κ3) is 3.97. The molecule has 0 aliphatic carbocycles. The second-order valence-corrected chi connectivity index (χ2v) is 8.26. The van der Waals surface area contributed by atoms with Gasteiger partial charge in [-0.3, -0.25) is 9.59 Å². The van der Waals surface area contributed by atoms with Crippen LogP contribution in [0.4, 0.5) is 24.5 Å². The first-order valence-electron chi connectivity index (χ1n) is 7.83. The molecule has 28 heavy (non-hydrogen) atoms. The summed E-state index contributed by atoms with van der Waals surface area (Å²) >= 11 is 5.53. The molecular formula is C17H12ClF3N2O4S. The number of nitrogens with zero attached hydrogens (tertiary/aromatic N) is 1. The monoisotopic (exact) mass is 432 g/mol. The molecule has 3 rings (SSSR count). The molecule has 1 heterocycles. The van der Waals surface area contributed by atoms with Gasteiger partial charge in [0.05, 0.1) is 22.0 Å². The molecule has 0 unspecified atom stereocenters. The van der Waals surface area contributed by atoms with E-state index in [0.29, 0.717) is 10.4 Å². The van der Waals surface area contributed by atoms with E-state index in [1.165, 1.54) is 30.3 Å². The van der Waals surface area contributed by atoms with E-state index in [2.05, 4.69) is 5.32 Å². The fourth-order valence-corrected chi connectivity index (χ4v) is 4.32. The molecule has 1 aliphatic heterocycles. The number of carbonyl (C=O) groups excluding carboxylic acids is 2. The van der Waals surface area contributed by atoms with Gasteiger partial charge in [0.15, 0.2) is 0 Å². The number of benzene rings is 2. The molecule has 0 bridgehead atoms. The van der Waals surface area contributed by atoms with Crippen LogP contribution in [0.5, 0.6) is 0 Å². The highest BCUT2D eigenvalue weighted by atomic mass is 35.5. The average Bonchev–Trinajstić information content (AvgIpc) is 2.88. The molecule has 0 aromatic heterocycles. The maximum atomic E-state index is 12.9. The second-order valence-electron chi connectivity index (χ2n) is 5.92. The first-order valence-corrected chi connectivity index (χ1v) is 9.82. The molecule has 0 radical (unpaired) electrons. The van der Waals surface area contributed by atoms with E-state index in [-0.39, 0.29) is 29.1 Å². The van der Waals surface area contributed by atoms with Crippen molar-refractivity contribution in [2.75, 3.05) is 15.4 Å². The van der Waals surface area contributed by atoms with Crippen molar-refractivity contribution in [3.63, 3.8) is 0 Å². The van der Waals surface area contributed by atoms with Crippen LogP contribution in [-0.4, -0.2) is 26.0 Å². The van der Waals surface area contributed by atoms with Crippen LogP contribution in [0.15, 0.2) is 42.5 Å². The van der Waals surface area contributed by atoms with Crippen LogP contribution in [0, 0.1) is 0 Å². The zero-order valence-corrected chi connectivity index (χ0v) is 15.5. The first-order chi connectivity index (χ1) is 13.0. The van der Waals surface area contributed by atoms with Crippen LogP contribution in [0.25, 0.3) is 0 Å². The van der Waals surface area contributed by atoms with Gasteiger partial charge in [0.1, 0.15) is 0 Å². The van der Waals surface area contributed by atoms with Gasteiger partial charge in [-0.15, -0.1) is 0 Å². The van der Waals surface area contributed by atoms with Gasteiger partial charge < -0.3 is 5.32 Å². The van der Waals surface area contributed by atoms with Gasteiger partial charge >= 0.3 is 6.18 Å². The van der Waals surface area contributed by atoms with Crippen molar-refractivity contribution in [1.82, 2.24) is 0 Å². The van der Waals surface area contributed by atoms with Gasteiger partial charge in [0.2, 0.25) is 15.9 Å². The van der Waals surface area contributed by atoms with Crippen LogP contribution >= 0.6 is 11.6 Å². The molecule has 0 saturated carbocycles. The zero-order chi connectivity index (χ0) is 20.7. The SMILES string of the molecule is O=C(Nc1ccc(Cl)c(C(F)(F)F)c1)c1ccc(N2C(=O)CCS2(=O)=O)cc1. The molecule has 1 aliphatic rings. The van der Waals surface area contributed by atoms with E-state index in [9.17, 15) is 31.2 Å². The lowest BCUT2D eigenvalue weighted by atomic mass is 10.1. The van der Waals surface area contributed by atoms with E-state index >= 15 is 0 Å². The number of hydrogen-bond donors (Lipinski definition) is 1. The Labute approximate surface area is 163 Å². The number of rotatable bonds is 3. The summed E-state index contributed by atoms with van der Waals surface area (Å²) < 4.78 is 63.2. The maximum Gasteiger partial charge on any atom is 0.417 e. The molecule has 148 valence electrons. The average molecular weight is 433 g/mol. The van der Waals surface area contributed by atoms with Gasteiger partial charge in [-0.25, -0.2) is 12.7 Å². The van der Waals surface area contributed by atoms with Crippen molar-refractivity contribution in [2.24, 2.45) is 0 Å². The zero-order valence-electron chi connectivity index (χ0n) is 14.0. The highest BCUT2D eigenvalue weighted by molar-refractivity contribution is 7.94. The normalized spacial score (nSPS) is 16.3. The Balaban J connectivity index is 1.80. The molecule has 11 heteroatoms. The van der Waals surface area contributed by atoms with Crippen molar-refractivity contribution < 1.29 is 31.2 Å². The molecule has 2 aromatic carbocycles. The van der Waals surface area contributed by atoms with Crippen molar-refractivity contribution >= 4 is 44.8 Å². The predicted molar refractivity (Wildman–Crippen MR) is 96.7 cm³/mol. The van der Waals surface area contributed by atoms with E-state index in [0.717, 1.165) is 6.07 Å². The third-order valence-electron chi connectivity index (χ3n) is 3.97. The largest absolute Gasteiger partial charge is 0.417 e. The summed E-state index contributed by atoms with van der Waals surface area (Å²) in [6.45, 7) is 0. The van der Waals surface area contributed by atoms with Crippen molar-refractivity contribution in [2.45, 2.75) is 12.6 Å². The van der Waals surface area contributed by atoms with E-state index in [1.54, 1.807) is 0 Å². The van der Waals surface area contributed by atoms with Crippen molar-refractivity contribution in [3.05, 3.63) is 58.6 Å². The van der Waals surface area contributed by atoms with Crippen LogP contribution in [-0.2, 0) is 21.0 Å². The summed E-state index contributed by atoms with van der Waals surface area (Å²) in [7, 11) is -3.73. The highest BCUT2D eigenvalue weighted by Gasteiger charge is 2.36. The molecule has 1 saturated heterocycles. The number of amides is 2. The lowest BCUT2D eigenvalue weighted by Gasteiger charge is -2.15. The maximum absolute atomic E-state index is 12.9. The number of anilines is 2. The number of halogens is 4. The summed E-state index contributed by atoms with van der Waals surface area (Å²) in [6, 6.07) is 8.05. The molecule has 1 N–H and O–H groups in total. The lowest BCUT2D eigenvalue weighted by Crippen LogP contribution is -2.29. The Kier molecular flexibility index (Phi) is 5.11. The minimum Gasteiger partial charge on any atom is -0.322 e. The number of carbonyl (C=O) groups is 2. The molecule has 0 spiro atoms. The van der Waals surface area contributed by atoms with E-state index in [1.807, 2.05) is 0 Å². The molecular weight excluding hydrogens is 421 g/mol. The van der Waals surface area contributed by atoms with Gasteiger partial charge in [-0.1, -0.05) is 11.6 Å². The van der Waals surface area contributed by atoms with Crippen LogP contribution < -0.4 is 9.62 Å². The quantitative estimate of drug-likeness (QED) is 0.802. The molecule has 2 aromatic rings. The number of sulfonamides is 1. The minimum absolute atomic E-state index is 0.0660. The third-order valence-corrected chi connectivity index (χ3v) is 5.99. The fraction of sp³-hybridized carbons (Fsp3) is 0.176. The van der Waals surface area contributed by atoms with E-state index in [4.69, 9.17) is 11.6 Å². The predicted octanol–water partition coefficient (Wildman–Crippen LogP) is 3.68. The Morgan fingerprint density at radius 1 is 1.11 bits per heavy atom. The summed E-state index contributed by atoms with van der Waals surface area (Å²) in [5, 5.41) is 1.82. The molecule has 0 atom stereocenters. The summed E-state index contributed by atoms with van der Waals surface area (Å²) in [5.74, 6) is -1.57. The molecule has 1 fully saturated rings. The highest BCUT2D eigenvalue weighted by Crippen LogP contribution is 2.36. The summed E-state index contributed by atoms with van der Waals surface area (Å²) in [4.78, 5) is 24.0. The summed E-state index contributed by atoms with van der Waals surface area (Å²) in [6.07, 6.45) is -4.80. The second kappa shape index (κ2) is 7.10. The first kappa shape index (κ1) is 20.2. The van der Waals surface area contributed by atoms with E-state index < -0.39 is 38.6 Å². The Morgan fingerprint density at radius 3 is 2.29 bits per heavy atom. The summed E-state index contributed by atoms with van der Waals surface area (Å²) in [5.41, 5.74) is -1.04. The number of nitrogens with one attached hydrogen (secondary N) is 1. The van der Waals surface area contributed by atoms with Crippen molar-refractivity contribution in [3.8, 4) is 0 Å². The van der Waals surface area contributed by atoms with Crippen molar-refractivity contribution in [1.29, 1.82) is 0 Å². The van der Waals surface area contributed by atoms with Crippen LogP contribution in [0.3, 0.4) is 0 Å². The Bertz CT molecular complexity index is 1050. The smallest absolute Gasteiger partial charge is 0.322 e. The Hall–Kier alpha value is -2.59. The topological polar surface area (TPSA) is 83.6 Å². The minimum atomic E-state index is -4.67. The molecule has 2 amide bonds. The Morgan fingerprint density at radius 2 is 1.75 bits per heavy atom. The number of hydrogen-bond acceptors (Lipinski definition) is 4. The van der Waals surface area contributed by atoms with Crippen LogP contribution in [0.1, 0.15) is 22.3 Å². The lowest BCUT2D eigenvalue weighted by molar-refractivity contribution is -0.137. The van der Waals surface area contributed by atoms with Gasteiger partial charge in [-0.05, 0) is 42.5 Å². The van der Waals surface area contributed by atoms with Gasteiger partial charge in [0.25, 0.3) is 5.91 Å². The fourth-order valence-electron chi connectivity index (χ4n) is 2.64. The number of alkyl halides is 3. The van der Waals surface area contributed by atoms with Gasteiger partial charge in [-0.2, -0.15) is 13.2 Å². The van der Waals surface area contributed by atoms with Gasteiger partial charge in [0, 0.05) is 17.7 Å². The molecule has 6 nitrogen and oxygen atoms in total.